The van der Waals surface area contributed by atoms with Crippen molar-refractivity contribution in [3.05, 3.63) is 0 Å². The van der Waals surface area contributed by atoms with Crippen LogP contribution in [0.15, 0.2) is 0 Å². The van der Waals surface area contributed by atoms with Crippen molar-refractivity contribution in [3.63, 3.8) is 0 Å². The summed E-state index contributed by atoms with van der Waals surface area (Å²) in [6.07, 6.45) is 0. The lowest BCUT2D eigenvalue weighted by atomic mass is 10.3. The Bertz CT molecular complexity index is 105. The van der Waals surface area contributed by atoms with Gasteiger partial charge in [0.1, 0.15) is 47.0 Å². The average molecular weight is 268 g/mol. The van der Waals surface area contributed by atoms with Crippen LogP contribution in [0.5, 0.6) is 0 Å². The van der Waals surface area contributed by atoms with Gasteiger partial charge in [-0.2, -0.15) is 0 Å². The van der Waals surface area contributed by atoms with Gasteiger partial charge in [-0.05, 0) is 0 Å². The van der Waals surface area contributed by atoms with Crippen LogP contribution >= 0.6 is 0 Å². The summed E-state index contributed by atoms with van der Waals surface area (Å²) in [6.45, 7) is 19.5. The van der Waals surface area contributed by atoms with E-state index in [9.17, 15) is 4.32 Å². The van der Waals surface area contributed by atoms with Crippen LogP contribution in [0.25, 0.3) is 0 Å². The minimum absolute atomic E-state index is 1.10. The minimum atomic E-state index is -3.17. The molecule has 0 aliphatic heterocycles. The highest BCUT2D eigenvalue weighted by atomic mass is 19.1. The molecule has 0 aromatic rings. The lowest BCUT2D eigenvalue weighted by Crippen LogP contribution is -2.39. The molecule has 0 heterocycles. The molecule has 18 heavy (non-hydrogen) atoms. The number of rotatable bonds is 6. The van der Waals surface area contributed by atoms with Crippen molar-refractivity contribution >= 4 is 7.40 Å². The Balaban J connectivity index is -0.000000196. The Morgan fingerprint density at radius 2 is 0.778 bits per heavy atom. The predicted molar refractivity (Wildman–Crippen MR) is 72.3 cm³/mol. The molecule has 0 rings (SSSR count). The van der Waals surface area contributed by atoms with Gasteiger partial charge in [0.15, 0.2) is 0 Å². The van der Waals surface area contributed by atoms with E-state index in [2.05, 4.69) is 50.3 Å². The van der Waals surface area contributed by atoms with Crippen molar-refractivity contribution in [2.45, 2.75) is 41.5 Å². The van der Waals surface area contributed by atoms with Crippen LogP contribution in [0.1, 0.15) is 41.5 Å². The second kappa shape index (κ2) is 19.2. The van der Waals surface area contributed by atoms with E-state index in [1.807, 2.05) is 0 Å². The molecule has 6 heteroatoms. The van der Waals surface area contributed by atoms with Crippen LogP contribution < -0.4 is 10.0 Å². The molecule has 0 aromatic heterocycles. The van der Waals surface area contributed by atoms with Gasteiger partial charge in [-0.3, -0.25) is 0 Å². The second-order valence-corrected chi connectivity index (χ2v) is 3.23. The van der Waals surface area contributed by atoms with Crippen LogP contribution in [0.2, 0.25) is 0 Å². The zero-order chi connectivity index (χ0) is 15.0. The molecular weight excluding hydrogens is 238 g/mol. The molecule has 0 spiro atoms. The Kier molecular flexibility index (Phi) is 24.5. The first-order chi connectivity index (χ1) is 8.42. The van der Waals surface area contributed by atoms with Gasteiger partial charge in [-0.25, -0.2) is 0 Å². The standard InChI is InChI=1S/2C6H15O.BFO2/c2*1-4-7(5-2)6-3;2-1(3)4/h2*4-6H2,1-3H3;/q2*+1;-2. The summed E-state index contributed by atoms with van der Waals surface area (Å²) in [5.74, 6) is 0. The zero-order valence-corrected chi connectivity index (χ0v) is 12.8. The molecule has 0 bridgehead atoms. The van der Waals surface area contributed by atoms with Crippen LogP contribution in [0.4, 0.5) is 4.32 Å². The molecule has 0 unspecified atom stereocenters. The van der Waals surface area contributed by atoms with E-state index in [0.717, 1.165) is 39.6 Å². The first kappa shape index (κ1) is 23.0. The normalized spacial score (nSPS) is 9.50. The summed E-state index contributed by atoms with van der Waals surface area (Å²) in [7, 11) is -3.17. The van der Waals surface area contributed by atoms with Crippen molar-refractivity contribution < 1.29 is 23.1 Å². The molecule has 0 saturated carbocycles. The van der Waals surface area contributed by atoms with Gasteiger partial charge in [0, 0.05) is 41.5 Å². The second-order valence-electron chi connectivity index (χ2n) is 3.23. The first-order valence-corrected chi connectivity index (χ1v) is 6.66. The van der Waals surface area contributed by atoms with Crippen molar-refractivity contribution in [2.24, 2.45) is 0 Å². The molecule has 0 fully saturated rings. The highest BCUT2D eigenvalue weighted by Gasteiger charge is 1.94. The molecule has 0 amide bonds. The molecule has 112 valence electrons. The Labute approximate surface area is 112 Å². The van der Waals surface area contributed by atoms with Crippen LogP contribution in [0.3, 0.4) is 0 Å². The van der Waals surface area contributed by atoms with Crippen molar-refractivity contribution in [2.75, 3.05) is 39.6 Å². The highest BCUT2D eigenvalue weighted by Crippen LogP contribution is 1.90. The zero-order valence-electron chi connectivity index (χ0n) is 12.8. The molecule has 0 aliphatic carbocycles. The van der Waals surface area contributed by atoms with E-state index in [1.165, 1.54) is 0 Å². The molecule has 0 atom stereocenters. The topological polar surface area (TPSA) is 51.5 Å². The quantitative estimate of drug-likeness (QED) is 0.530. The van der Waals surface area contributed by atoms with Gasteiger partial charge in [0.2, 0.25) is 0 Å². The molecule has 4 nitrogen and oxygen atoms in total. The summed E-state index contributed by atoms with van der Waals surface area (Å²) >= 11 is 0. The van der Waals surface area contributed by atoms with E-state index in [1.54, 1.807) is 0 Å². The lowest BCUT2D eigenvalue weighted by Gasteiger charge is -2.11. The summed E-state index contributed by atoms with van der Waals surface area (Å²) in [5.41, 5.74) is 0. The van der Waals surface area contributed by atoms with Crippen molar-refractivity contribution in [1.82, 2.24) is 0 Å². The maximum Gasteiger partial charge on any atom is 0.142 e. The summed E-state index contributed by atoms with van der Waals surface area (Å²) in [4.78, 5) is 0. The summed E-state index contributed by atoms with van der Waals surface area (Å²) < 4.78 is 16.0. The summed E-state index contributed by atoms with van der Waals surface area (Å²) in [6, 6.07) is 0. The Hall–Kier alpha value is -0.165. The lowest BCUT2D eigenvalue weighted by molar-refractivity contribution is -0.366. The molecule has 0 radical (unpaired) electrons. The van der Waals surface area contributed by atoms with E-state index in [0.29, 0.717) is 0 Å². The van der Waals surface area contributed by atoms with E-state index in [4.69, 9.17) is 10.0 Å². The first-order valence-electron chi connectivity index (χ1n) is 6.66. The van der Waals surface area contributed by atoms with Gasteiger partial charge in [-0.1, -0.05) is 0 Å². The van der Waals surface area contributed by atoms with E-state index in [-0.39, 0.29) is 0 Å². The van der Waals surface area contributed by atoms with Crippen LogP contribution in [-0.2, 0) is 8.73 Å². The van der Waals surface area contributed by atoms with Crippen molar-refractivity contribution in [3.8, 4) is 0 Å². The molecule has 0 aliphatic rings. The molecule has 0 N–H and O–H groups in total. The third-order valence-electron chi connectivity index (χ3n) is 2.45. The van der Waals surface area contributed by atoms with Gasteiger partial charge >= 0.3 is 0 Å². The maximum absolute atomic E-state index is 9.89. The number of hydrogen-bond acceptors (Lipinski definition) is 2. The minimum Gasteiger partial charge on any atom is -0.867 e. The number of halogens is 1. The largest absolute Gasteiger partial charge is 0.867 e. The Morgan fingerprint density at radius 3 is 0.778 bits per heavy atom. The summed E-state index contributed by atoms with van der Waals surface area (Å²) in [5, 5.41) is 16.6. The number of hydrogen-bond donors (Lipinski definition) is 0. The average Bonchev–Trinajstić information content (AvgIpc) is 2.34. The van der Waals surface area contributed by atoms with Crippen LogP contribution in [-0.4, -0.2) is 47.0 Å². The Morgan fingerprint density at radius 1 is 0.667 bits per heavy atom. The molecule has 0 saturated heterocycles. The highest BCUT2D eigenvalue weighted by molar-refractivity contribution is 6.27. The molecular formula is C12H30BFO4. The molecule has 0 aromatic carbocycles. The third-order valence-corrected chi connectivity index (χ3v) is 2.45. The SMILES string of the molecule is CC[O+](CC)CC.CC[O+](CC)CC.[O-]B([O-])F. The van der Waals surface area contributed by atoms with Crippen molar-refractivity contribution in [1.29, 1.82) is 0 Å². The van der Waals surface area contributed by atoms with E-state index >= 15 is 0 Å². The van der Waals surface area contributed by atoms with Gasteiger partial charge in [0.25, 0.3) is 0 Å². The van der Waals surface area contributed by atoms with Gasteiger partial charge < -0.3 is 23.1 Å². The van der Waals surface area contributed by atoms with Crippen LogP contribution in [0, 0.1) is 0 Å². The monoisotopic (exact) mass is 268 g/mol. The fourth-order valence-electron chi connectivity index (χ4n) is 1.22. The van der Waals surface area contributed by atoms with E-state index < -0.39 is 7.40 Å². The smallest absolute Gasteiger partial charge is 0.142 e. The third kappa shape index (κ3) is 24.9. The predicted octanol–water partition coefficient (Wildman–Crippen LogP) is 0.858. The maximum atomic E-state index is 9.89. The fraction of sp³-hybridized carbons (Fsp3) is 1.00. The van der Waals surface area contributed by atoms with Gasteiger partial charge in [0.05, 0.1) is 0 Å². The fourth-order valence-corrected chi connectivity index (χ4v) is 1.22. The van der Waals surface area contributed by atoms with Gasteiger partial charge in [-0.15, -0.1) is 0 Å².